The molecule has 0 aliphatic carbocycles. The van der Waals surface area contributed by atoms with Crippen LogP contribution in [0, 0.1) is 5.92 Å². The van der Waals surface area contributed by atoms with Crippen molar-refractivity contribution in [2.24, 2.45) is 5.92 Å². The van der Waals surface area contributed by atoms with Crippen molar-refractivity contribution in [3.05, 3.63) is 0 Å². The van der Waals surface area contributed by atoms with E-state index < -0.39 is 0 Å². The number of carbonyl (C=O) groups excluding carboxylic acids is 1. The molecule has 0 aromatic heterocycles. The third-order valence-corrected chi connectivity index (χ3v) is 4.31. The van der Waals surface area contributed by atoms with Crippen molar-refractivity contribution >= 4 is 5.91 Å². The molecule has 0 spiro atoms. The van der Waals surface area contributed by atoms with E-state index in [9.17, 15) is 9.90 Å². The Labute approximate surface area is 110 Å². The number of amides is 1. The van der Waals surface area contributed by atoms with Crippen LogP contribution in [-0.2, 0) is 4.79 Å². The Morgan fingerprint density at radius 1 is 1.22 bits per heavy atom. The maximum absolute atomic E-state index is 12.2. The fraction of sp³-hybridized carbons (Fsp3) is 0.929. The van der Waals surface area contributed by atoms with Gasteiger partial charge in [-0.05, 0) is 38.6 Å². The van der Waals surface area contributed by atoms with Crippen molar-refractivity contribution < 1.29 is 9.90 Å². The highest BCUT2D eigenvalue weighted by molar-refractivity contribution is 5.78. The topological polar surface area (TPSA) is 43.8 Å². The van der Waals surface area contributed by atoms with Gasteiger partial charge in [-0.1, -0.05) is 12.8 Å². The maximum atomic E-state index is 12.2. The normalized spacial score (nSPS) is 28.1. The molecule has 2 rings (SSSR count). The molecule has 2 atom stereocenters. The zero-order valence-corrected chi connectivity index (χ0v) is 11.5. The zero-order chi connectivity index (χ0) is 13.0. The van der Waals surface area contributed by atoms with Crippen LogP contribution in [-0.4, -0.2) is 59.6 Å². The summed E-state index contributed by atoms with van der Waals surface area (Å²) >= 11 is 0. The monoisotopic (exact) mass is 254 g/mol. The van der Waals surface area contributed by atoms with E-state index in [1.807, 2.05) is 11.8 Å². The largest absolute Gasteiger partial charge is 0.393 e. The predicted molar refractivity (Wildman–Crippen MR) is 71.3 cm³/mol. The Morgan fingerprint density at radius 3 is 2.44 bits per heavy atom. The summed E-state index contributed by atoms with van der Waals surface area (Å²) in [5.41, 5.74) is 0. The first-order valence-electron chi connectivity index (χ1n) is 7.35. The first-order valence-corrected chi connectivity index (χ1v) is 7.35. The summed E-state index contributed by atoms with van der Waals surface area (Å²) in [5, 5.41) is 9.57. The van der Waals surface area contributed by atoms with Crippen molar-refractivity contribution in [2.75, 3.05) is 32.7 Å². The molecular weight excluding hydrogens is 228 g/mol. The third kappa shape index (κ3) is 3.69. The molecule has 0 saturated carbocycles. The fourth-order valence-electron chi connectivity index (χ4n) is 3.01. The predicted octanol–water partition coefficient (Wildman–Crippen LogP) is 1.09. The van der Waals surface area contributed by atoms with Crippen molar-refractivity contribution in [2.45, 2.75) is 45.1 Å². The van der Waals surface area contributed by atoms with Gasteiger partial charge in [0.2, 0.25) is 5.91 Å². The van der Waals surface area contributed by atoms with E-state index in [2.05, 4.69) is 4.90 Å². The molecular formula is C14H26N2O2. The molecule has 104 valence electrons. The van der Waals surface area contributed by atoms with Crippen LogP contribution in [0.25, 0.3) is 0 Å². The van der Waals surface area contributed by atoms with Crippen LogP contribution in [0.5, 0.6) is 0 Å². The van der Waals surface area contributed by atoms with Gasteiger partial charge in [0.1, 0.15) is 0 Å². The van der Waals surface area contributed by atoms with Gasteiger partial charge in [-0.25, -0.2) is 0 Å². The first kappa shape index (κ1) is 13.8. The van der Waals surface area contributed by atoms with E-state index in [4.69, 9.17) is 0 Å². The van der Waals surface area contributed by atoms with Gasteiger partial charge in [-0.3, -0.25) is 9.69 Å². The van der Waals surface area contributed by atoms with Crippen LogP contribution >= 0.6 is 0 Å². The molecule has 0 aromatic carbocycles. The van der Waals surface area contributed by atoms with Crippen LogP contribution in [0.1, 0.15) is 39.0 Å². The van der Waals surface area contributed by atoms with Gasteiger partial charge in [-0.15, -0.1) is 0 Å². The van der Waals surface area contributed by atoms with E-state index >= 15 is 0 Å². The van der Waals surface area contributed by atoms with Crippen molar-refractivity contribution in [3.63, 3.8) is 0 Å². The van der Waals surface area contributed by atoms with Crippen LogP contribution in [0.2, 0.25) is 0 Å². The van der Waals surface area contributed by atoms with Crippen molar-refractivity contribution in [1.82, 2.24) is 9.80 Å². The van der Waals surface area contributed by atoms with Crippen molar-refractivity contribution in [1.29, 1.82) is 0 Å². The Kier molecular flexibility index (Phi) is 5.01. The summed E-state index contributed by atoms with van der Waals surface area (Å²) in [6, 6.07) is 0. The number of hydrogen-bond donors (Lipinski definition) is 1. The molecule has 2 fully saturated rings. The molecule has 2 aliphatic heterocycles. The van der Waals surface area contributed by atoms with E-state index in [0.717, 1.165) is 45.4 Å². The summed E-state index contributed by atoms with van der Waals surface area (Å²) in [6.45, 7) is 6.10. The Hall–Kier alpha value is -0.610. The molecule has 2 unspecified atom stereocenters. The Morgan fingerprint density at radius 2 is 1.89 bits per heavy atom. The number of aliphatic hydroxyl groups is 1. The van der Waals surface area contributed by atoms with E-state index in [-0.39, 0.29) is 12.0 Å². The van der Waals surface area contributed by atoms with Gasteiger partial charge in [0.15, 0.2) is 0 Å². The van der Waals surface area contributed by atoms with Crippen molar-refractivity contribution in [3.8, 4) is 0 Å². The molecule has 0 aromatic rings. The summed E-state index contributed by atoms with van der Waals surface area (Å²) in [5.74, 6) is 0.630. The zero-order valence-electron chi connectivity index (χ0n) is 11.5. The standard InChI is InChI=1S/C14H26N2O2/c1-12(17)13-6-9-15(10-13)11-14(18)16-7-4-2-3-5-8-16/h12-13,17H,2-11H2,1H3. The lowest BCUT2D eigenvalue weighted by molar-refractivity contribution is -0.132. The lowest BCUT2D eigenvalue weighted by Gasteiger charge is -2.24. The second-order valence-corrected chi connectivity index (χ2v) is 5.82. The average molecular weight is 254 g/mol. The van der Waals surface area contributed by atoms with E-state index in [1.165, 1.54) is 12.8 Å². The van der Waals surface area contributed by atoms with Crippen LogP contribution in [0.15, 0.2) is 0 Å². The van der Waals surface area contributed by atoms with E-state index in [1.54, 1.807) is 0 Å². The molecule has 18 heavy (non-hydrogen) atoms. The molecule has 1 N–H and O–H groups in total. The quantitative estimate of drug-likeness (QED) is 0.820. The number of hydrogen-bond acceptors (Lipinski definition) is 3. The molecule has 1 amide bonds. The molecule has 2 heterocycles. The SMILES string of the molecule is CC(O)C1CCN(CC(=O)N2CCCCCC2)C1. The smallest absolute Gasteiger partial charge is 0.236 e. The van der Waals surface area contributed by atoms with Crippen LogP contribution < -0.4 is 0 Å². The minimum atomic E-state index is -0.247. The van der Waals surface area contributed by atoms with Gasteiger partial charge >= 0.3 is 0 Å². The second-order valence-electron chi connectivity index (χ2n) is 5.82. The highest BCUT2D eigenvalue weighted by Gasteiger charge is 2.28. The van der Waals surface area contributed by atoms with Gasteiger partial charge in [0.25, 0.3) is 0 Å². The van der Waals surface area contributed by atoms with E-state index in [0.29, 0.717) is 12.5 Å². The summed E-state index contributed by atoms with van der Waals surface area (Å²) in [4.78, 5) is 16.4. The summed E-state index contributed by atoms with van der Waals surface area (Å²) in [6.07, 6.45) is 5.60. The molecule has 0 bridgehead atoms. The first-order chi connectivity index (χ1) is 8.66. The fourth-order valence-corrected chi connectivity index (χ4v) is 3.01. The third-order valence-electron chi connectivity index (χ3n) is 4.31. The number of aliphatic hydroxyl groups excluding tert-OH is 1. The number of rotatable bonds is 3. The minimum absolute atomic E-state index is 0.247. The average Bonchev–Trinajstić information content (AvgIpc) is 2.64. The minimum Gasteiger partial charge on any atom is -0.393 e. The van der Waals surface area contributed by atoms with Crippen LogP contribution in [0.4, 0.5) is 0 Å². The molecule has 2 saturated heterocycles. The molecule has 4 heteroatoms. The number of nitrogens with zero attached hydrogens (tertiary/aromatic N) is 2. The lowest BCUT2D eigenvalue weighted by atomic mass is 10.0. The second kappa shape index (κ2) is 6.53. The lowest BCUT2D eigenvalue weighted by Crippen LogP contribution is -2.40. The Balaban J connectivity index is 1.77. The Bertz CT molecular complexity index is 273. The molecule has 0 radical (unpaired) electrons. The molecule has 4 nitrogen and oxygen atoms in total. The highest BCUT2D eigenvalue weighted by atomic mass is 16.3. The molecule has 2 aliphatic rings. The number of carbonyl (C=O) groups is 1. The maximum Gasteiger partial charge on any atom is 0.236 e. The summed E-state index contributed by atoms with van der Waals surface area (Å²) in [7, 11) is 0. The number of likely N-dealkylation sites (tertiary alicyclic amines) is 2. The van der Waals surface area contributed by atoms with Gasteiger partial charge in [-0.2, -0.15) is 0 Å². The van der Waals surface area contributed by atoms with Gasteiger partial charge < -0.3 is 10.0 Å². The highest BCUT2D eigenvalue weighted by Crippen LogP contribution is 2.19. The summed E-state index contributed by atoms with van der Waals surface area (Å²) < 4.78 is 0. The van der Waals surface area contributed by atoms with Gasteiger partial charge in [0.05, 0.1) is 12.6 Å². The van der Waals surface area contributed by atoms with Gasteiger partial charge in [0, 0.05) is 19.6 Å². The van der Waals surface area contributed by atoms with Crippen LogP contribution in [0.3, 0.4) is 0 Å².